The zero-order valence-electron chi connectivity index (χ0n) is 17.7. The number of ether oxygens (including phenoxy) is 1. The van der Waals surface area contributed by atoms with Crippen molar-refractivity contribution in [2.75, 3.05) is 5.32 Å². The summed E-state index contributed by atoms with van der Waals surface area (Å²) in [6.07, 6.45) is 1.77. The van der Waals surface area contributed by atoms with Gasteiger partial charge in [0, 0.05) is 27.9 Å². The fraction of sp³-hybridized carbons (Fsp3) is 0.120. The van der Waals surface area contributed by atoms with Gasteiger partial charge in [-0.1, -0.05) is 59.1 Å². The molecule has 168 valence electrons. The molecule has 0 aliphatic carbocycles. The normalized spacial score (nSPS) is 10.8. The third-order valence-corrected chi connectivity index (χ3v) is 5.80. The SMILES string of the molecule is Cc1ccc(Cl)c(OCc2cccc(C(=O)Nc3ccn(Cc4ccc(Cl)cc4Cl)n3)c2)c1. The molecule has 1 aromatic heterocycles. The summed E-state index contributed by atoms with van der Waals surface area (Å²) in [5.74, 6) is 0.788. The largest absolute Gasteiger partial charge is 0.487 e. The minimum Gasteiger partial charge on any atom is -0.487 e. The fourth-order valence-electron chi connectivity index (χ4n) is 3.21. The van der Waals surface area contributed by atoms with Crippen molar-refractivity contribution in [2.24, 2.45) is 0 Å². The summed E-state index contributed by atoms with van der Waals surface area (Å²) in [6, 6.07) is 19.9. The van der Waals surface area contributed by atoms with Crippen LogP contribution in [0.1, 0.15) is 27.0 Å². The van der Waals surface area contributed by atoms with Gasteiger partial charge in [0.05, 0.1) is 11.6 Å². The van der Waals surface area contributed by atoms with Crippen LogP contribution in [-0.2, 0) is 13.2 Å². The number of amides is 1. The summed E-state index contributed by atoms with van der Waals surface area (Å²) in [4.78, 5) is 12.7. The lowest BCUT2D eigenvalue weighted by Crippen LogP contribution is -2.13. The van der Waals surface area contributed by atoms with Crippen LogP contribution in [0.25, 0.3) is 0 Å². The van der Waals surface area contributed by atoms with Crippen LogP contribution >= 0.6 is 34.8 Å². The van der Waals surface area contributed by atoms with Crippen LogP contribution < -0.4 is 10.1 Å². The van der Waals surface area contributed by atoms with Crippen molar-refractivity contribution in [1.29, 1.82) is 0 Å². The van der Waals surface area contributed by atoms with Crippen molar-refractivity contribution in [1.82, 2.24) is 9.78 Å². The summed E-state index contributed by atoms with van der Waals surface area (Å²) >= 11 is 18.4. The van der Waals surface area contributed by atoms with Crippen LogP contribution in [0.5, 0.6) is 5.75 Å². The first-order valence-corrected chi connectivity index (χ1v) is 11.3. The number of carbonyl (C=O) groups excluding carboxylic acids is 1. The van der Waals surface area contributed by atoms with Crippen LogP contribution in [0.4, 0.5) is 5.82 Å². The number of aromatic nitrogens is 2. The van der Waals surface area contributed by atoms with Crippen molar-refractivity contribution in [3.8, 4) is 5.75 Å². The average Bonchev–Trinajstić information content (AvgIpc) is 3.23. The quantitative estimate of drug-likeness (QED) is 0.296. The summed E-state index contributed by atoms with van der Waals surface area (Å²) in [7, 11) is 0. The highest BCUT2D eigenvalue weighted by Crippen LogP contribution is 2.26. The molecule has 1 heterocycles. The molecule has 0 bridgehead atoms. The van der Waals surface area contributed by atoms with Gasteiger partial charge in [0.15, 0.2) is 5.82 Å². The van der Waals surface area contributed by atoms with Gasteiger partial charge < -0.3 is 10.1 Å². The Morgan fingerprint density at radius 2 is 1.85 bits per heavy atom. The van der Waals surface area contributed by atoms with Gasteiger partial charge in [-0.3, -0.25) is 9.48 Å². The number of anilines is 1. The third kappa shape index (κ3) is 6.08. The maximum absolute atomic E-state index is 12.7. The van der Waals surface area contributed by atoms with E-state index in [9.17, 15) is 4.79 Å². The van der Waals surface area contributed by atoms with Crippen molar-refractivity contribution in [3.05, 3.63) is 110 Å². The number of nitrogens with zero attached hydrogens (tertiary/aromatic N) is 2. The Hall–Kier alpha value is -2.99. The van der Waals surface area contributed by atoms with E-state index in [-0.39, 0.29) is 5.91 Å². The lowest BCUT2D eigenvalue weighted by atomic mass is 10.1. The Morgan fingerprint density at radius 3 is 2.67 bits per heavy atom. The van der Waals surface area contributed by atoms with Gasteiger partial charge in [0.2, 0.25) is 0 Å². The molecular formula is C25H20Cl3N3O2. The van der Waals surface area contributed by atoms with Gasteiger partial charge >= 0.3 is 0 Å². The van der Waals surface area contributed by atoms with E-state index >= 15 is 0 Å². The molecule has 8 heteroatoms. The van der Waals surface area contributed by atoms with Gasteiger partial charge in [-0.25, -0.2) is 0 Å². The highest BCUT2D eigenvalue weighted by molar-refractivity contribution is 6.35. The van der Waals surface area contributed by atoms with E-state index < -0.39 is 0 Å². The first-order valence-electron chi connectivity index (χ1n) is 10.1. The van der Waals surface area contributed by atoms with Crippen LogP contribution in [0, 0.1) is 6.92 Å². The smallest absolute Gasteiger partial charge is 0.256 e. The molecule has 4 rings (SSSR count). The average molecular weight is 501 g/mol. The van der Waals surface area contributed by atoms with E-state index in [1.54, 1.807) is 47.3 Å². The molecule has 1 N–H and O–H groups in total. The van der Waals surface area contributed by atoms with E-state index in [1.807, 2.05) is 37.3 Å². The molecule has 0 fully saturated rings. The number of rotatable bonds is 7. The second-order valence-corrected chi connectivity index (χ2v) is 8.76. The minimum absolute atomic E-state index is 0.264. The molecule has 0 saturated heterocycles. The number of hydrogen-bond donors (Lipinski definition) is 1. The van der Waals surface area contributed by atoms with Gasteiger partial charge in [0.1, 0.15) is 12.4 Å². The van der Waals surface area contributed by atoms with Crippen LogP contribution in [0.15, 0.2) is 72.9 Å². The molecule has 0 aliphatic heterocycles. The molecule has 0 radical (unpaired) electrons. The lowest BCUT2D eigenvalue weighted by Gasteiger charge is -2.10. The van der Waals surface area contributed by atoms with Crippen LogP contribution in [0.3, 0.4) is 0 Å². The number of benzene rings is 3. The van der Waals surface area contributed by atoms with Crippen molar-refractivity contribution in [3.63, 3.8) is 0 Å². The zero-order chi connectivity index (χ0) is 23.4. The molecule has 0 atom stereocenters. The molecule has 5 nitrogen and oxygen atoms in total. The summed E-state index contributed by atoms with van der Waals surface area (Å²) in [5, 5.41) is 8.91. The summed E-state index contributed by atoms with van der Waals surface area (Å²) in [6.45, 7) is 2.72. The number of hydrogen-bond acceptors (Lipinski definition) is 3. The molecule has 0 aliphatic rings. The molecular weight excluding hydrogens is 481 g/mol. The number of nitrogens with one attached hydrogen (secondary N) is 1. The number of aryl methyl sites for hydroxylation is 1. The Morgan fingerprint density at radius 1 is 1.00 bits per heavy atom. The van der Waals surface area contributed by atoms with Crippen molar-refractivity contribution in [2.45, 2.75) is 20.1 Å². The maximum Gasteiger partial charge on any atom is 0.256 e. The van der Waals surface area contributed by atoms with Crippen molar-refractivity contribution >= 4 is 46.5 Å². The lowest BCUT2D eigenvalue weighted by molar-refractivity contribution is 0.102. The Balaban J connectivity index is 1.39. The number of halogens is 3. The molecule has 0 saturated carbocycles. The molecule has 0 unspecified atom stereocenters. The minimum atomic E-state index is -0.264. The molecule has 1 amide bonds. The Kier molecular flexibility index (Phi) is 7.23. The highest BCUT2D eigenvalue weighted by Gasteiger charge is 2.11. The zero-order valence-corrected chi connectivity index (χ0v) is 20.0. The van der Waals surface area contributed by atoms with Gasteiger partial charge in [-0.2, -0.15) is 5.10 Å². The molecule has 4 aromatic rings. The summed E-state index contributed by atoms with van der Waals surface area (Å²) in [5.41, 5.74) is 3.29. The second-order valence-electron chi connectivity index (χ2n) is 7.51. The van der Waals surface area contributed by atoms with Crippen LogP contribution in [0.2, 0.25) is 15.1 Å². The monoisotopic (exact) mass is 499 g/mol. The fourth-order valence-corrected chi connectivity index (χ4v) is 3.85. The van der Waals surface area contributed by atoms with Gasteiger partial charge in [-0.15, -0.1) is 0 Å². The maximum atomic E-state index is 12.7. The topological polar surface area (TPSA) is 56.1 Å². The number of carbonyl (C=O) groups is 1. The second kappa shape index (κ2) is 10.3. The first kappa shape index (κ1) is 23.2. The Bertz CT molecular complexity index is 1300. The predicted octanol–water partition coefficient (Wildman–Crippen LogP) is 7.03. The molecule has 33 heavy (non-hydrogen) atoms. The van der Waals surface area contributed by atoms with E-state index in [4.69, 9.17) is 39.5 Å². The van der Waals surface area contributed by atoms with E-state index in [1.165, 1.54) is 0 Å². The van der Waals surface area contributed by atoms with Gasteiger partial charge in [0.25, 0.3) is 5.91 Å². The van der Waals surface area contributed by atoms with E-state index in [0.717, 1.165) is 16.7 Å². The van der Waals surface area contributed by atoms with Crippen LogP contribution in [-0.4, -0.2) is 15.7 Å². The third-order valence-electron chi connectivity index (χ3n) is 4.90. The van der Waals surface area contributed by atoms with E-state index in [2.05, 4.69) is 10.4 Å². The highest BCUT2D eigenvalue weighted by atomic mass is 35.5. The van der Waals surface area contributed by atoms with Crippen molar-refractivity contribution < 1.29 is 9.53 Å². The first-order chi connectivity index (χ1) is 15.9. The predicted molar refractivity (Wildman–Crippen MR) is 133 cm³/mol. The van der Waals surface area contributed by atoms with Gasteiger partial charge in [-0.05, 0) is 60.0 Å². The van der Waals surface area contributed by atoms with E-state index in [0.29, 0.717) is 45.4 Å². The standard InChI is InChI=1S/C25H20Cl3N3O2/c1-16-5-8-21(27)23(11-16)33-15-17-3-2-4-18(12-17)25(32)29-24-9-10-31(30-24)14-19-6-7-20(26)13-22(19)28/h2-13H,14-15H2,1H3,(H,29,30,32). The Labute approximate surface area is 206 Å². The molecule has 0 spiro atoms. The summed E-state index contributed by atoms with van der Waals surface area (Å²) < 4.78 is 7.53. The molecule has 3 aromatic carbocycles.